The van der Waals surface area contributed by atoms with E-state index in [0.29, 0.717) is 17.6 Å². The monoisotopic (exact) mass is 262 g/mol. The highest BCUT2D eigenvalue weighted by Crippen LogP contribution is 2.33. The minimum atomic E-state index is 0.657. The number of hydrogen-bond donors (Lipinski definition) is 1. The van der Waals surface area contributed by atoms with Crippen LogP contribution in [0.1, 0.15) is 39.5 Å². The molecule has 19 heavy (non-hydrogen) atoms. The molecule has 0 amide bonds. The fraction of sp³-hybridized carbons (Fsp3) is 0.625. The van der Waals surface area contributed by atoms with Gasteiger partial charge in [0.05, 0.1) is 12.8 Å². The zero-order valence-corrected chi connectivity index (χ0v) is 12.4. The van der Waals surface area contributed by atoms with Crippen LogP contribution in [0.2, 0.25) is 0 Å². The summed E-state index contributed by atoms with van der Waals surface area (Å²) in [5.41, 5.74) is 7.86. The molecule has 0 radical (unpaired) electrons. The van der Waals surface area contributed by atoms with Crippen LogP contribution in [0.15, 0.2) is 18.2 Å². The highest BCUT2D eigenvalue weighted by Gasteiger charge is 2.24. The first-order valence-corrected chi connectivity index (χ1v) is 7.32. The van der Waals surface area contributed by atoms with Crippen molar-refractivity contribution in [3.05, 3.63) is 18.2 Å². The molecule has 3 nitrogen and oxygen atoms in total. The SMILES string of the molecule is COc1cc(N(CC(C)C)C2CCCC2)ccc1N. The van der Waals surface area contributed by atoms with Crippen LogP contribution in [-0.4, -0.2) is 19.7 Å². The van der Waals surface area contributed by atoms with Gasteiger partial charge in [-0.1, -0.05) is 26.7 Å². The molecule has 1 saturated carbocycles. The molecule has 1 fully saturated rings. The Labute approximate surface area is 116 Å². The lowest BCUT2D eigenvalue weighted by molar-refractivity contribution is 0.416. The largest absolute Gasteiger partial charge is 0.495 e. The molecule has 0 aromatic heterocycles. The maximum atomic E-state index is 5.91. The minimum absolute atomic E-state index is 0.657. The van der Waals surface area contributed by atoms with Gasteiger partial charge in [0.25, 0.3) is 0 Å². The Kier molecular flexibility index (Phi) is 4.56. The van der Waals surface area contributed by atoms with E-state index in [1.54, 1.807) is 7.11 Å². The average molecular weight is 262 g/mol. The van der Waals surface area contributed by atoms with Crippen molar-refractivity contribution in [3.8, 4) is 5.75 Å². The molecule has 0 unspecified atom stereocenters. The van der Waals surface area contributed by atoms with Crippen molar-refractivity contribution < 1.29 is 4.74 Å². The lowest BCUT2D eigenvalue weighted by Crippen LogP contribution is -2.36. The summed E-state index contributed by atoms with van der Waals surface area (Å²) in [7, 11) is 1.68. The zero-order chi connectivity index (χ0) is 13.8. The van der Waals surface area contributed by atoms with Crippen molar-refractivity contribution in [2.24, 2.45) is 5.92 Å². The fourth-order valence-corrected chi connectivity index (χ4v) is 2.95. The minimum Gasteiger partial charge on any atom is -0.495 e. The lowest BCUT2D eigenvalue weighted by atomic mass is 10.1. The third-order valence-electron chi connectivity index (χ3n) is 3.88. The zero-order valence-electron chi connectivity index (χ0n) is 12.4. The van der Waals surface area contributed by atoms with Crippen LogP contribution in [0.5, 0.6) is 5.75 Å². The number of methoxy groups -OCH3 is 1. The van der Waals surface area contributed by atoms with E-state index in [0.717, 1.165) is 12.3 Å². The van der Waals surface area contributed by atoms with Crippen LogP contribution < -0.4 is 15.4 Å². The second-order valence-corrected chi connectivity index (χ2v) is 5.91. The maximum Gasteiger partial charge on any atom is 0.143 e. The van der Waals surface area contributed by atoms with Crippen molar-refractivity contribution in [1.82, 2.24) is 0 Å². The third-order valence-corrected chi connectivity index (χ3v) is 3.88. The van der Waals surface area contributed by atoms with Gasteiger partial charge in [0.2, 0.25) is 0 Å². The van der Waals surface area contributed by atoms with E-state index in [1.165, 1.54) is 31.4 Å². The molecular formula is C16H26N2O. The van der Waals surface area contributed by atoms with E-state index in [-0.39, 0.29) is 0 Å². The van der Waals surface area contributed by atoms with E-state index in [2.05, 4.69) is 30.9 Å². The molecule has 1 aliphatic carbocycles. The maximum absolute atomic E-state index is 5.91. The Morgan fingerprint density at radius 3 is 2.58 bits per heavy atom. The molecule has 0 spiro atoms. The Balaban J connectivity index is 2.25. The molecule has 0 atom stereocenters. The summed E-state index contributed by atoms with van der Waals surface area (Å²) in [6.45, 7) is 5.64. The van der Waals surface area contributed by atoms with Crippen LogP contribution >= 0.6 is 0 Å². The number of benzene rings is 1. The third kappa shape index (κ3) is 3.34. The van der Waals surface area contributed by atoms with Gasteiger partial charge >= 0.3 is 0 Å². The second kappa shape index (κ2) is 6.18. The Morgan fingerprint density at radius 1 is 1.32 bits per heavy atom. The molecule has 1 aromatic carbocycles. The van der Waals surface area contributed by atoms with E-state index in [4.69, 9.17) is 10.5 Å². The fourth-order valence-electron chi connectivity index (χ4n) is 2.95. The molecule has 0 bridgehead atoms. The standard InChI is InChI=1S/C16H26N2O/c1-12(2)11-18(13-6-4-5-7-13)14-8-9-15(17)16(10-14)19-3/h8-10,12-13H,4-7,11,17H2,1-3H3. The molecule has 0 heterocycles. The molecule has 1 aromatic rings. The summed E-state index contributed by atoms with van der Waals surface area (Å²) in [5.74, 6) is 1.44. The molecule has 0 aliphatic heterocycles. The smallest absolute Gasteiger partial charge is 0.143 e. The van der Waals surface area contributed by atoms with Gasteiger partial charge in [-0.25, -0.2) is 0 Å². The van der Waals surface area contributed by atoms with E-state index in [9.17, 15) is 0 Å². The number of nitrogens with two attached hydrogens (primary N) is 1. The summed E-state index contributed by atoms with van der Waals surface area (Å²) in [6, 6.07) is 6.83. The summed E-state index contributed by atoms with van der Waals surface area (Å²) in [4.78, 5) is 2.54. The summed E-state index contributed by atoms with van der Waals surface area (Å²) in [6.07, 6.45) is 5.32. The van der Waals surface area contributed by atoms with Crippen molar-refractivity contribution in [2.75, 3.05) is 24.3 Å². The highest BCUT2D eigenvalue weighted by atomic mass is 16.5. The van der Waals surface area contributed by atoms with Crippen LogP contribution in [0, 0.1) is 5.92 Å². The normalized spacial score (nSPS) is 16.0. The Hall–Kier alpha value is -1.38. The summed E-state index contributed by atoms with van der Waals surface area (Å²) < 4.78 is 5.35. The van der Waals surface area contributed by atoms with Crippen LogP contribution in [0.4, 0.5) is 11.4 Å². The van der Waals surface area contributed by atoms with Crippen LogP contribution in [0.25, 0.3) is 0 Å². The Bertz CT molecular complexity index is 411. The van der Waals surface area contributed by atoms with Crippen LogP contribution in [-0.2, 0) is 0 Å². The van der Waals surface area contributed by atoms with Crippen molar-refractivity contribution in [3.63, 3.8) is 0 Å². The molecule has 2 N–H and O–H groups in total. The summed E-state index contributed by atoms with van der Waals surface area (Å²) in [5, 5.41) is 0. The number of nitrogens with zero attached hydrogens (tertiary/aromatic N) is 1. The van der Waals surface area contributed by atoms with Gasteiger partial charge in [0, 0.05) is 24.3 Å². The number of rotatable bonds is 5. The molecule has 3 heteroatoms. The molecule has 2 rings (SSSR count). The predicted octanol–water partition coefficient (Wildman–Crippen LogP) is 3.68. The van der Waals surface area contributed by atoms with Crippen molar-refractivity contribution in [1.29, 1.82) is 0 Å². The van der Waals surface area contributed by atoms with Gasteiger partial charge in [-0.2, -0.15) is 0 Å². The van der Waals surface area contributed by atoms with Gasteiger partial charge in [-0.3, -0.25) is 0 Å². The van der Waals surface area contributed by atoms with Gasteiger partial charge in [0.15, 0.2) is 0 Å². The first-order valence-electron chi connectivity index (χ1n) is 7.32. The number of nitrogen functional groups attached to an aromatic ring is 1. The van der Waals surface area contributed by atoms with E-state index < -0.39 is 0 Å². The Morgan fingerprint density at radius 2 is 2.00 bits per heavy atom. The number of anilines is 2. The van der Waals surface area contributed by atoms with E-state index in [1.807, 2.05) is 6.07 Å². The average Bonchev–Trinajstić information content (AvgIpc) is 2.90. The van der Waals surface area contributed by atoms with Crippen molar-refractivity contribution in [2.45, 2.75) is 45.6 Å². The van der Waals surface area contributed by atoms with E-state index >= 15 is 0 Å². The predicted molar refractivity (Wildman–Crippen MR) is 81.8 cm³/mol. The van der Waals surface area contributed by atoms with Gasteiger partial charge in [-0.05, 0) is 30.9 Å². The van der Waals surface area contributed by atoms with Crippen LogP contribution in [0.3, 0.4) is 0 Å². The number of hydrogen-bond acceptors (Lipinski definition) is 3. The molecule has 0 saturated heterocycles. The van der Waals surface area contributed by atoms with Gasteiger partial charge in [0.1, 0.15) is 5.75 Å². The quantitative estimate of drug-likeness (QED) is 0.823. The molecule has 1 aliphatic rings. The van der Waals surface area contributed by atoms with Gasteiger partial charge in [-0.15, -0.1) is 0 Å². The lowest BCUT2D eigenvalue weighted by Gasteiger charge is -2.33. The number of ether oxygens (including phenoxy) is 1. The topological polar surface area (TPSA) is 38.5 Å². The second-order valence-electron chi connectivity index (χ2n) is 5.91. The van der Waals surface area contributed by atoms with Crippen molar-refractivity contribution >= 4 is 11.4 Å². The molecule has 106 valence electrons. The van der Waals surface area contributed by atoms with Gasteiger partial charge < -0.3 is 15.4 Å². The summed E-state index contributed by atoms with van der Waals surface area (Å²) >= 11 is 0. The molecular weight excluding hydrogens is 236 g/mol. The first kappa shape index (κ1) is 14.0. The highest BCUT2D eigenvalue weighted by molar-refractivity contribution is 5.62. The first-order chi connectivity index (χ1) is 9.11.